The molecule has 1 aromatic heterocycles. The highest BCUT2D eigenvalue weighted by molar-refractivity contribution is 5.94. The van der Waals surface area contributed by atoms with Gasteiger partial charge in [0.05, 0.1) is 12.0 Å². The number of anilines is 1. The van der Waals surface area contributed by atoms with Gasteiger partial charge in [0.1, 0.15) is 11.6 Å². The number of aromatic nitrogens is 2. The van der Waals surface area contributed by atoms with Crippen molar-refractivity contribution in [3.63, 3.8) is 0 Å². The summed E-state index contributed by atoms with van der Waals surface area (Å²) in [4.78, 5) is 19.2. The fourth-order valence-electron chi connectivity index (χ4n) is 3.83. The van der Waals surface area contributed by atoms with Crippen LogP contribution in [0.4, 0.5) is 23.2 Å². The summed E-state index contributed by atoms with van der Waals surface area (Å²) >= 11 is 0. The summed E-state index contributed by atoms with van der Waals surface area (Å²) in [6, 6.07) is 10.3. The van der Waals surface area contributed by atoms with Crippen LogP contribution in [-0.4, -0.2) is 46.4 Å². The summed E-state index contributed by atoms with van der Waals surface area (Å²) in [5.74, 6) is -0.245. The zero-order valence-electron chi connectivity index (χ0n) is 18.2. The van der Waals surface area contributed by atoms with Crippen molar-refractivity contribution < 1.29 is 31.6 Å². The second kappa shape index (κ2) is 9.80. The fraction of sp³-hybridized carbons (Fsp3) is 0.348. The Morgan fingerprint density at radius 3 is 2.56 bits per heavy atom. The molecule has 3 aromatic rings. The molecule has 0 spiro atoms. The van der Waals surface area contributed by atoms with Crippen molar-refractivity contribution in [2.45, 2.75) is 38.1 Å². The lowest BCUT2D eigenvalue weighted by Gasteiger charge is -2.34. The molecule has 180 valence electrons. The number of hydrogen-bond donors (Lipinski definition) is 1. The minimum Gasteiger partial charge on any atom is -0.406 e. The maximum atomic E-state index is 13.1. The number of piperidine rings is 1. The van der Waals surface area contributed by atoms with Crippen molar-refractivity contribution in [3.05, 3.63) is 60.2 Å². The highest BCUT2D eigenvalue weighted by Gasteiger charge is 2.32. The highest BCUT2D eigenvalue weighted by Crippen LogP contribution is 2.29. The minimum absolute atomic E-state index is 0.0653. The molecule has 1 aliphatic heterocycles. The average molecular weight is 478 g/mol. The summed E-state index contributed by atoms with van der Waals surface area (Å²) in [5.41, 5.74) is 1.00. The maximum absolute atomic E-state index is 13.1. The van der Waals surface area contributed by atoms with Gasteiger partial charge < -0.3 is 14.6 Å². The first-order valence-corrected chi connectivity index (χ1v) is 10.7. The first kappa shape index (κ1) is 23.7. The molecular formula is C23H22F4N4O3. The molecule has 1 N–H and O–H groups in total. The SMILES string of the molecule is CC(C(=O)Nc1ccc(OC(F)(F)F)cc1)N1CCCC(c2nc(-c3ccc(F)cc3)no2)C1. The van der Waals surface area contributed by atoms with Gasteiger partial charge in [-0.05, 0) is 74.8 Å². The van der Waals surface area contributed by atoms with E-state index in [0.717, 1.165) is 25.0 Å². The quantitative estimate of drug-likeness (QED) is 0.504. The first-order valence-electron chi connectivity index (χ1n) is 10.7. The highest BCUT2D eigenvalue weighted by atomic mass is 19.4. The summed E-state index contributed by atoms with van der Waals surface area (Å²) in [6.07, 6.45) is -3.14. The molecule has 11 heteroatoms. The van der Waals surface area contributed by atoms with E-state index in [-0.39, 0.29) is 23.4 Å². The standard InChI is InChI=1S/C23H22F4N4O3/c1-14(21(32)28-18-8-10-19(11-9-18)33-23(25,26)27)31-12-2-3-16(13-31)22-29-20(30-34-22)15-4-6-17(24)7-5-15/h4-11,14,16H,2-3,12-13H2,1H3,(H,28,32). The molecule has 1 saturated heterocycles. The predicted molar refractivity (Wildman–Crippen MR) is 114 cm³/mol. The number of carbonyl (C=O) groups is 1. The van der Waals surface area contributed by atoms with Crippen molar-refractivity contribution in [2.24, 2.45) is 0 Å². The lowest BCUT2D eigenvalue weighted by molar-refractivity contribution is -0.274. The number of nitrogens with one attached hydrogen (secondary N) is 1. The van der Waals surface area contributed by atoms with Crippen LogP contribution in [0, 0.1) is 5.82 Å². The lowest BCUT2D eigenvalue weighted by Crippen LogP contribution is -2.46. The lowest BCUT2D eigenvalue weighted by atomic mass is 9.96. The van der Waals surface area contributed by atoms with Gasteiger partial charge in [0.25, 0.3) is 0 Å². The molecule has 1 fully saturated rings. The molecule has 0 radical (unpaired) electrons. The zero-order valence-corrected chi connectivity index (χ0v) is 18.2. The number of rotatable bonds is 6. The number of benzene rings is 2. The molecule has 1 amide bonds. The van der Waals surface area contributed by atoms with Gasteiger partial charge in [0.15, 0.2) is 0 Å². The van der Waals surface area contributed by atoms with E-state index in [0.29, 0.717) is 36.1 Å². The van der Waals surface area contributed by atoms with Crippen molar-refractivity contribution in [3.8, 4) is 17.1 Å². The maximum Gasteiger partial charge on any atom is 0.573 e. The van der Waals surface area contributed by atoms with E-state index in [1.54, 1.807) is 19.1 Å². The number of alkyl halides is 3. The molecule has 1 aliphatic rings. The average Bonchev–Trinajstić information content (AvgIpc) is 3.30. The molecule has 0 aliphatic carbocycles. The van der Waals surface area contributed by atoms with E-state index in [9.17, 15) is 22.4 Å². The number of carbonyl (C=O) groups excluding carboxylic acids is 1. The fourth-order valence-corrected chi connectivity index (χ4v) is 3.83. The Hall–Kier alpha value is -3.47. The predicted octanol–water partition coefficient (Wildman–Crippen LogP) is 4.98. The van der Waals surface area contributed by atoms with E-state index >= 15 is 0 Å². The van der Waals surface area contributed by atoms with Gasteiger partial charge >= 0.3 is 6.36 Å². The van der Waals surface area contributed by atoms with E-state index < -0.39 is 12.4 Å². The van der Waals surface area contributed by atoms with E-state index in [1.165, 1.54) is 24.3 Å². The molecule has 7 nitrogen and oxygen atoms in total. The number of ether oxygens (including phenoxy) is 1. The summed E-state index contributed by atoms with van der Waals surface area (Å²) < 4.78 is 59.3. The van der Waals surface area contributed by atoms with E-state index in [1.807, 2.05) is 4.90 Å². The molecule has 2 atom stereocenters. The number of amides is 1. The topological polar surface area (TPSA) is 80.5 Å². The summed E-state index contributed by atoms with van der Waals surface area (Å²) in [6.45, 7) is 2.98. The number of nitrogens with zero attached hydrogens (tertiary/aromatic N) is 3. The Labute approximate surface area is 192 Å². The Balaban J connectivity index is 1.36. The second-order valence-electron chi connectivity index (χ2n) is 8.03. The van der Waals surface area contributed by atoms with Crippen molar-refractivity contribution >= 4 is 11.6 Å². The zero-order chi connectivity index (χ0) is 24.3. The molecular weight excluding hydrogens is 456 g/mol. The molecule has 2 aromatic carbocycles. The van der Waals surface area contributed by atoms with Crippen LogP contribution in [0.5, 0.6) is 5.75 Å². The van der Waals surface area contributed by atoms with Crippen LogP contribution in [0.2, 0.25) is 0 Å². The van der Waals surface area contributed by atoms with Crippen LogP contribution >= 0.6 is 0 Å². The van der Waals surface area contributed by atoms with Crippen LogP contribution in [0.1, 0.15) is 31.6 Å². The third-order valence-electron chi connectivity index (χ3n) is 5.63. The number of likely N-dealkylation sites (tertiary alicyclic amines) is 1. The van der Waals surface area contributed by atoms with E-state index in [2.05, 4.69) is 20.2 Å². The van der Waals surface area contributed by atoms with Gasteiger partial charge in [0, 0.05) is 17.8 Å². The molecule has 34 heavy (non-hydrogen) atoms. The molecule has 4 rings (SSSR count). The van der Waals surface area contributed by atoms with Gasteiger partial charge in [-0.3, -0.25) is 9.69 Å². The third kappa shape index (κ3) is 5.90. The van der Waals surface area contributed by atoms with Gasteiger partial charge in [0.2, 0.25) is 17.6 Å². The monoisotopic (exact) mass is 478 g/mol. The minimum atomic E-state index is -4.78. The second-order valence-corrected chi connectivity index (χ2v) is 8.03. The Morgan fingerprint density at radius 1 is 1.18 bits per heavy atom. The molecule has 0 bridgehead atoms. The summed E-state index contributed by atoms with van der Waals surface area (Å²) in [5, 5.41) is 6.71. The van der Waals surface area contributed by atoms with Crippen molar-refractivity contribution in [1.82, 2.24) is 15.0 Å². The Bertz CT molecular complexity index is 1120. The van der Waals surface area contributed by atoms with Crippen LogP contribution in [0.15, 0.2) is 53.1 Å². The largest absolute Gasteiger partial charge is 0.573 e. The normalized spacial score (nSPS) is 17.9. The van der Waals surface area contributed by atoms with Crippen molar-refractivity contribution in [2.75, 3.05) is 18.4 Å². The van der Waals surface area contributed by atoms with Gasteiger partial charge in [-0.25, -0.2) is 4.39 Å². The summed E-state index contributed by atoms with van der Waals surface area (Å²) in [7, 11) is 0. The van der Waals surface area contributed by atoms with Gasteiger partial charge in [-0.2, -0.15) is 4.98 Å². The van der Waals surface area contributed by atoms with Gasteiger partial charge in [-0.15, -0.1) is 13.2 Å². The van der Waals surface area contributed by atoms with Crippen LogP contribution < -0.4 is 10.1 Å². The smallest absolute Gasteiger partial charge is 0.406 e. The van der Waals surface area contributed by atoms with E-state index in [4.69, 9.17) is 4.52 Å². The Kier molecular flexibility index (Phi) is 6.82. The van der Waals surface area contributed by atoms with Crippen LogP contribution in [0.25, 0.3) is 11.4 Å². The number of halogens is 4. The van der Waals surface area contributed by atoms with Crippen LogP contribution in [0.3, 0.4) is 0 Å². The third-order valence-corrected chi connectivity index (χ3v) is 5.63. The van der Waals surface area contributed by atoms with Gasteiger partial charge in [-0.1, -0.05) is 5.16 Å². The first-order chi connectivity index (χ1) is 16.2. The molecule has 0 saturated carbocycles. The van der Waals surface area contributed by atoms with Crippen molar-refractivity contribution in [1.29, 1.82) is 0 Å². The molecule has 2 unspecified atom stereocenters. The Morgan fingerprint density at radius 2 is 1.88 bits per heavy atom. The van der Waals surface area contributed by atoms with Crippen LogP contribution in [-0.2, 0) is 4.79 Å². The molecule has 2 heterocycles. The number of hydrogen-bond acceptors (Lipinski definition) is 6.